The first kappa shape index (κ1) is 25.7. The molecule has 0 bridgehead atoms. The topological polar surface area (TPSA) is 144 Å². The number of furan rings is 1. The highest BCUT2D eigenvalue weighted by Gasteiger charge is 2.41. The number of amides is 1. The predicted molar refractivity (Wildman–Crippen MR) is 151 cm³/mol. The van der Waals surface area contributed by atoms with E-state index in [0.29, 0.717) is 44.6 Å². The zero-order valence-electron chi connectivity index (χ0n) is 22.3. The molecule has 11 nitrogen and oxygen atoms in total. The summed E-state index contributed by atoms with van der Waals surface area (Å²) < 4.78 is 24.7. The minimum atomic E-state index is -0.486. The molecule has 1 amide bonds. The molecule has 2 aliphatic carbocycles. The molecular weight excluding hydrogens is 534 g/mol. The minimum Gasteiger partial charge on any atom is -0.512 e. The molecule has 3 heterocycles. The number of nitrogens with zero attached hydrogens (tertiary/aromatic N) is 3. The van der Waals surface area contributed by atoms with Crippen LogP contribution in [0.4, 0.5) is 0 Å². The van der Waals surface area contributed by atoms with E-state index in [2.05, 4.69) is 21.5 Å². The molecule has 0 aliphatic heterocycles. The van der Waals surface area contributed by atoms with Crippen LogP contribution >= 0.6 is 11.3 Å². The highest BCUT2D eigenvalue weighted by Crippen LogP contribution is 2.48. The summed E-state index contributed by atoms with van der Waals surface area (Å²) in [5.74, 6) is 1.61. The summed E-state index contributed by atoms with van der Waals surface area (Å²) >= 11 is 1.33. The van der Waals surface area contributed by atoms with Gasteiger partial charge in [-0.1, -0.05) is 6.08 Å². The molecule has 1 aromatic carbocycles. The molecule has 1 fully saturated rings. The second-order valence-electron chi connectivity index (χ2n) is 9.75. The van der Waals surface area contributed by atoms with Gasteiger partial charge in [0.2, 0.25) is 4.96 Å². The zero-order valence-corrected chi connectivity index (χ0v) is 23.1. The number of ether oxygens (including phenoxy) is 3. The van der Waals surface area contributed by atoms with Gasteiger partial charge in [0.1, 0.15) is 35.1 Å². The summed E-state index contributed by atoms with van der Waals surface area (Å²) in [7, 11) is 3.15. The van der Waals surface area contributed by atoms with Crippen molar-refractivity contribution >= 4 is 38.9 Å². The summed E-state index contributed by atoms with van der Waals surface area (Å²) in [6.07, 6.45) is 6.77. The molecule has 4 aromatic rings. The fourth-order valence-electron chi connectivity index (χ4n) is 4.89. The van der Waals surface area contributed by atoms with Crippen LogP contribution in [0.5, 0.6) is 16.7 Å². The molecule has 6 rings (SSSR count). The number of fused-ring (bicyclic) bond motifs is 3. The molecule has 208 valence electrons. The van der Waals surface area contributed by atoms with Crippen molar-refractivity contribution in [3.8, 4) is 28.1 Å². The second-order valence-corrected chi connectivity index (χ2v) is 10.7. The highest BCUT2D eigenvalue weighted by molar-refractivity contribution is 7.18. The number of carbonyl (C=O) groups excluding carboxylic acids is 1. The number of imidazole rings is 1. The summed E-state index contributed by atoms with van der Waals surface area (Å²) in [4.78, 5) is 18.0. The van der Waals surface area contributed by atoms with Gasteiger partial charge in [0.25, 0.3) is 11.1 Å². The number of hydrogen-bond acceptors (Lipinski definition) is 10. The van der Waals surface area contributed by atoms with E-state index < -0.39 is 5.91 Å². The van der Waals surface area contributed by atoms with E-state index in [1.807, 2.05) is 18.2 Å². The third kappa shape index (κ3) is 4.70. The molecule has 0 saturated heterocycles. The molecule has 40 heavy (non-hydrogen) atoms. The Bertz CT molecular complexity index is 1750. The van der Waals surface area contributed by atoms with E-state index in [0.717, 1.165) is 23.1 Å². The van der Waals surface area contributed by atoms with Gasteiger partial charge in [0, 0.05) is 30.9 Å². The Hall–Kier alpha value is -4.58. The van der Waals surface area contributed by atoms with Gasteiger partial charge >= 0.3 is 0 Å². The quantitative estimate of drug-likeness (QED) is 0.141. The molecule has 2 aliphatic rings. The SMILES string of the molecule is COc1cc(OCC2=CC3CC3C(NC(=O)/C(C(C)=N)=C(\C)O)=C2)c2cc(-c3cn4nc(OC)sc4n3)oc2c1.[HH]. The van der Waals surface area contributed by atoms with Crippen molar-refractivity contribution in [1.82, 2.24) is 19.9 Å². The van der Waals surface area contributed by atoms with Crippen molar-refractivity contribution in [3.63, 3.8) is 0 Å². The molecule has 2 atom stereocenters. The minimum absolute atomic E-state index is 0. The van der Waals surface area contributed by atoms with Crippen LogP contribution in [0.15, 0.2) is 63.6 Å². The summed E-state index contributed by atoms with van der Waals surface area (Å²) in [5.41, 5.74) is 2.90. The molecule has 3 aromatic heterocycles. The van der Waals surface area contributed by atoms with Crippen LogP contribution in [0.2, 0.25) is 0 Å². The first-order valence-electron chi connectivity index (χ1n) is 12.6. The van der Waals surface area contributed by atoms with Gasteiger partial charge < -0.3 is 34.5 Å². The number of methoxy groups -OCH3 is 2. The Morgan fingerprint density at radius 3 is 2.83 bits per heavy atom. The normalized spacial score (nSPS) is 18.5. The summed E-state index contributed by atoms with van der Waals surface area (Å²) in [5, 5.41) is 26.2. The largest absolute Gasteiger partial charge is 0.512 e. The predicted octanol–water partition coefficient (Wildman–Crippen LogP) is 5.29. The van der Waals surface area contributed by atoms with Gasteiger partial charge in [0.15, 0.2) is 5.76 Å². The lowest BCUT2D eigenvalue weighted by Crippen LogP contribution is -2.30. The number of aliphatic hydroxyl groups excluding tert-OH is 1. The van der Waals surface area contributed by atoms with Crippen LogP contribution in [0.3, 0.4) is 0 Å². The number of hydrogen-bond donors (Lipinski definition) is 3. The Morgan fingerprint density at radius 2 is 2.12 bits per heavy atom. The number of aromatic nitrogens is 3. The van der Waals surface area contributed by atoms with Gasteiger partial charge in [-0.2, -0.15) is 0 Å². The van der Waals surface area contributed by atoms with Crippen molar-refractivity contribution in [1.29, 1.82) is 5.41 Å². The molecule has 1 saturated carbocycles. The standard InChI is InChI=1S/C28H27N5O6S.H2/c1-13(29)25(14(2)34)26(35)30-20-6-15(5-16-7-18(16)20)12-38-22-8-17(36-3)9-23-19(22)10-24(39-23)21-11-33-27(31-21)40-28(32-33)37-4;/h5-6,8-11,16,18,29,34H,7,12H2,1-4H3,(H,30,35);1H/b25-14+,29-13?;. The van der Waals surface area contributed by atoms with Gasteiger partial charge in [-0.15, -0.1) is 5.10 Å². The lowest BCUT2D eigenvalue weighted by Gasteiger charge is -2.17. The van der Waals surface area contributed by atoms with Crippen LogP contribution in [-0.2, 0) is 4.79 Å². The Balaban J connectivity index is 0.00000337. The average Bonchev–Trinajstić information content (AvgIpc) is 3.20. The monoisotopic (exact) mass is 563 g/mol. The van der Waals surface area contributed by atoms with Crippen LogP contribution in [0.1, 0.15) is 21.7 Å². The average molecular weight is 564 g/mol. The molecule has 0 radical (unpaired) electrons. The third-order valence-corrected chi connectivity index (χ3v) is 7.77. The van der Waals surface area contributed by atoms with Crippen molar-refractivity contribution in [2.75, 3.05) is 20.8 Å². The Kier molecular flexibility index (Phi) is 6.34. The van der Waals surface area contributed by atoms with Crippen molar-refractivity contribution < 1.29 is 30.0 Å². The first-order chi connectivity index (χ1) is 19.2. The zero-order chi connectivity index (χ0) is 28.1. The van der Waals surface area contributed by atoms with E-state index in [-0.39, 0.29) is 31.0 Å². The van der Waals surface area contributed by atoms with Crippen LogP contribution in [0, 0.1) is 17.2 Å². The number of allylic oxidation sites excluding steroid dienone is 3. The number of nitrogens with one attached hydrogen (secondary N) is 2. The number of carbonyl (C=O) groups is 1. The van der Waals surface area contributed by atoms with Gasteiger partial charge in [-0.25, -0.2) is 9.50 Å². The van der Waals surface area contributed by atoms with Crippen molar-refractivity contribution in [2.24, 2.45) is 11.8 Å². The van der Waals surface area contributed by atoms with E-state index in [9.17, 15) is 9.90 Å². The fourth-order valence-corrected chi connectivity index (χ4v) is 5.59. The lowest BCUT2D eigenvalue weighted by atomic mass is 10.0. The maximum Gasteiger partial charge on any atom is 0.294 e. The van der Waals surface area contributed by atoms with E-state index >= 15 is 0 Å². The van der Waals surface area contributed by atoms with Crippen LogP contribution < -0.4 is 19.5 Å². The highest BCUT2D eigenvalue weighted by atomic mass is 32.1. The number of rotatable bonds is 9. The maximum atomic E-state index is 12.8. The first-order valence-corrected chi connectivity index (χ1v) is 13.4. The summed E-state index contributed by atoms with van der Waals surface area (Å²) in [6.45, 7) is 3.14. The van der Waals surface area contributed by atoms with Gasteiger partial charge in [-0.3, -0.25) is 4.79 Å². The van der Waals surface area contributed by atoms with Crippen molar-refractivity contribution in [2.45, 2.75) is 20.3 Å². The van der Waals surface area contributed by atoms with E-state index in [1.54, 1.807) is 31.0 Å². The fraction of sp³-hybridized carbons (Fsp3) is 0.286. The third-order valence-electron chi connectivity index (χ3n) is 6.88. The Morgan fingerprint density at radius 1 is 1.30 bits per heavy atom. The molecule has 0 spiro atoms. The smallest absolute Gasteiger partial charge is 0.294 e. The Labute approximate surface area is 234 Å². The molecule has 3 N–H and O–H groups in total. The van der Waals surface area contributed by atoms with Gasteiger partial charge in [-0.05, 0) is 55.2 Å². The molecule has 2 unspecified atom stereocenters. The van der Waals surface area contributed by atoms with Crippen LogP contribution in [-0.4, -0.2) is 52.1 Å². The molecular formula is C28H29N5O6S. The van der Waals surface area contributed by atoms with E-state index in [4.69, 9.17) is 24.0 Å². The summed E-state index contributed by atoms with van der Waals surface area (Å²) in [6, 6.07) is 5.49. The molecule has 12 heteroatoms. The number of benzene rings is 1. The second kappa shape index (κ2) is 9.87. The van der Waals surface area contributed by atoms with Crippen LogP contribution in [0.25, 0.3) is 27.4 Å². The van der Waals surface area contributed by atoms with Crippen molar-refractivity contribution in [3.05, 3.63) is 59.2 Å². The van der Waals surface area contributed by atoms with Gasteiger partial charge in [0.05, 0.1) is 31.4 Å². The maximum absolute atomic E-state index is 12.8. The lowest BCUT2D eigenvalue weighted by molar-refractivity contribution is -0.116. The van der Waals surface area contributed by atoms with E-state index in [1.165, 1.54) is 25.2 Å². The number of aliphatic hydroxyl groups is 1.